The van der Waals surface area contributed by atoms with E-state index in [0.717, 1.165) is 91.8 Å². The second kappa shape index (κ2) is 23.3. The Bertz CT molecular complexity index is 2670. The van der Waals surface area contributed by atoms with E-state index in [1.165, 1.54) is 0 Å². The average Bonchev–Trinajstić information content (AvgIpc) is 3.72. The summed E-state index contributed by atoms with van der Waals surface area (Å²) in [7, 11) is 0. The number of carbonyl (C=O) groups excluding carboxylic acids is 15. The molecule has 2 fully saturated rings. The van der Waals surface area contributed by atoms with Crippen LogP contribution in [-0.2, 0) is 95.3 Å². The van der Waals surface area contributed by atoms with Crippen LogP contribution in [0, 0.1) is 11.8 Å². The molecule has 404 valence electrons. The monoisotopic (exact) mass is 1060 g/mol. The van der Waals surface area contributed by atoms with Crippen LogP contribution >= 0.6 is 0 Å². The van der Waals surface area contributed by atoms with Crippen molar-refractivity contribution in [3.63, 3.8) is 0 Å². The molecule has 2 saturated heterocycles. The van der Waals surface area contributed by atoms with Gasteiger partial charge in [0, 0.05) is 88.8 Å². The number of esters is 8. The molecule has 2 aromatic carbocycles. The van der Waals surface area contributed by atoms with Crippen molar-refractivity contribution in [2.24, 2.45) is 11.8 Å². The van der Waals surface area contributed by atoms with Crippen molar-refractivity contribution < 1.29 is 119 Å². The molecular formula is C49H48N2O25. The summed E-state index contributed by atoms with van der Waals surface area (Å²) in [5.74, 6) is -19.7. The smallest absolute Gasteiger partial charge is 0.305 e. The maximum Gasteiger partial charge on any atom is 0.305 e. The molecule has 2 aliphatic carbocycles. The molecule has 2 aromatic rings. The summed E-state index contributed by atoms with van der Waals surface area (Å²) in [6.45, 7) is 6.64. The van der Waals surface area contributed by atoms with E-state index < -0.39 is 186 Å². The molecule has 2 heterocycles. The molecule has 0 spiro atoms. The van der Waals surface area contributed by atoms with E-state index in [9.17, 15) is 71.9 Å². The fourth-order valence-electron chi connectivity index (χ4n) is 8.85. The van der Waals surface area contributed by atoms with Gasteiger partial charge in [-0.2, -0.15) is 0 Å². The number of ketones is 5. The minimum absolute atomic E-state index is 0.264. The number of rotatable bonds is 16. The highest BCUT2D eigenvalue weighted by Crippen LogP contribution is 2.35. The summed E-state index contributed by atoms with van der Waals surface area (Å²) >= 11 is 0. The molecule has 27 heteroatoms. The molecule has 4 aliphatic rings. The van der Waals surface area contributed by atoms with Crippen molar-refractivity contribution in [1.29, 1.82) is 0 Å². The van der Waals surface area contributed by atoms with Crippen LogP contribution in [0.15, 0.2) is 36.4 Å². The van der Waals surface area contributed by atoms with Gasteiger partial charge in [0.15, 0.2) is 65.2 Å². The molecule has 2 N–H and O–H groups in total. The summed E-state index contributed by atoms with van der Waals surface area (Å²) in [6.07, 6.45) is -13.4. The van der Waals surface area contributed by atoms with Crippen LogP contribution in [0.25, 0.3) is 0 Å². The van der Waals surface area contributed by atoms with Crippen LogP contribution in [0.3, 0.4) is 0 Å². The number of ether oxygens (including phenoxy) is 10. The SMILES string of the molecule is CC(=O)OC[C@H]1O[C@@H](OC(C)=O)[C@H](NC(=O)C2C(=O)c3ccc(C(=O)c4ccc5c(c4)C(=O)C(C(=O)N[C@H]4[C@H](OC(C)=O)O[C@H](COC(C)=O)[C@@H](OC(C)=O)[C@@H]4OC(C)=O)C5=O)cc3C2=O)[C@@H](OC(C)=O)[C@@H]1OC(C)=O. The van der Waals surface area contributed by atoms with E-state index in [-0.39, 0.29) is 22.3 Å². The largest absolute Gasteiger partial charge is 0.463 e. The van der Waals surface area contributed by atoms with Gasteiger partial charge in [0.2, 0.25) is 24.4 Å². The maximum absolute atomic E-state index is 14.0. The normalized spacial score (nSPS) is 26.3. The van der Waals surface area contributed by atoms with Gasteiger partial charge in [0.25, 0.3) is 0 Å². The number of carbonyl (C=O) groups is 15. The quantitative estimate of drug-likeness (QED) is 0.0909. The summed E-state index contributed by atoms with van der Waals surface area (Å²) in [5.41, 5.74) is -1.97. The lowest BCUT2D eigenvalue weighted by atomic mass is 9.94. The molecule has 76 heavy (non-hydrogen) atoms. The van der Waals surface area contributed by atoms with Gasteiger partial charge in [0.1, 0.15) is 37.5 Å². The predicted octanol–water partition coefficient (Wildman–Crippen LogP) is -0.693. The highest BCUT2D eigenvalue weighted by molar-refractivity contribution is 6.37. The Morgan fingerprint density at radius 1 is 0.408 bits per heavy atom. The van der Waals surface area contributed by atoms with Gasteiger partial charge in [0.05, 0.1) is 0 Å². The Morgan fingerprint density at radius 2 is 0.711 bits per heavy atom. The van der Waals surface area contributed by atoms with Crippen molar-refractivity contribution in [2.75, 3.05) is 13.2 Å². The first-order valence-corrected chi connectivity index (χ1v) is 22.9. The van der Waals surface area contributed by atoms with Crippen LogP contribution in [0.1, 0.15) is 113 Å². The summed E-state index contributed by atoms with van der Waals surface area (Å²) in [4.78, 5) is 194. The third kappa shape index (κ3) is 12.5. The number of amides is 2. The number of benzene rings is 2. The number of hydrogen-bond donors (Lipinski definition) is 2. The molecular weight excluding hydrogens is 1020 g/mol. The standard InChI is InChI=1S/C49H48N2O25/c1-17(52)67-15-31-42(69-19(3)54)44(71-21(5)56)35(48(75-31)73-23(7)58)50-46(65)33-38(61)27-11-9-25(13-29(27)40(33)63)37(60)26-10-12-28-30(14-26)41(64)34(39(28)62)47(66)51-36-45(72-22(6)57)43(70-20(4)55)32(16-68-18(2)53)76-49(36)74-24(8)59/h9-14,31-36,42-45,48-49H,15-16H2,1-8H3,(H,50,65)(H,51,66)/t31-,32-,33?,34?,35-,36-,42-,43-,44-,45-,48-,49-/m1/s1. The molecule has 0 radical (unpaired) electrons. The van der Waals surface area contributed by atoms with Crippen LogP contribution in [0.5, 0.6) is 0 Å². The molecule has 0 aromatic heterocycles. The second-order valence-corrected chi connectivity index (χ2v) is 17.4. The van der Waals surface area contributed by atoms with Gasteiger partial charge in [-0.05, 0) is 24.3 Å². The minimum Gasteiger partial charge on any atom is -0.463 e. The Labute approximate surface area is 429 Å². The Kier molecular flexibility index (Phi) is 17.4. The molecule has 0 bridgehead atoms. The summed E-state index contributed by atoms with van der Waals surface area (Å²) < 4.78 is 53.5. The zero-order valence-corrected chi connectivity index (χ0v) is 41.5. The van der Waals surface area contributed by atoms with E-state index in [4.69, 9.17) is 47.4 Å². The molecule has 6 rings (SSSR count). The molecule has 27 nitrogen and oxygen atoms in total. The zero-order chi connectivity index (χ0) is 56.2. The van der Waals surface area contributed by atoms with Gasteiger partial charge < -0.3 is 58.0 Å². The topological polar surface area (TPSA) is 372 Å². The molecule has 2 aliphatic heterocycles. The van der Waals surface area contributed by atoms with Crippen LogP contribution in [0.2, 0.25) is 0 Å². The lowest BCUT2D eigenvalue weighted by molar-refractivity contribution is -0.271. The summed E-state index contributed by atoms with van der Waals surface area (Å²) in [5, 5.41) is 4.66. The number of fused-ring (bicyclic) bond motifs is 2. The van der Waals surface area contributed by atoms with Crippen LogP contribution < -0.4 is 10.6 Å². The Hall–Kier alpha value is -8.59. The van der Waals surface area contributed by atoms with Crippen molar-refractivity contribution >= 4 is 88.5 Å². The maximum atomic E-state index is 14.0. The summed E-state index contributed by atoms with van der Waals surface area (Å²) in [6, 6.07) is 2.86. The minimum atomic E-state index is -2.16. The lowest BCUT2D eigenvalue weighted by Gasteiger charge is -2.44. The highest BCUT2D eigenvalue weighted by atomic mass is 16.7. The van der Waals surface area contributed by atoms with Gasteiger partial charge in [-0.1, -0.05) is 12.1 Å². The zero-order valence-electron chi connectivity index (χ0n) is 41.5. The van der Waals surface area contributed by atoms with Crippen molar-refractivity contribution in [1.82, 2.24) is 10.6 Å². The first-order chi connectivity index (χ1) is 35.7. The predicted molar refractivity (Wildman–Crippen MR) is 241 cm³/mol. The average molecular weight is 1060 g/mol. The molecule has 2 unspecified atom stereocenters. The first-order valence-electron chi connectivity index (χ1n) is 22.9. The third-order valence-electron chi connectivity index (χ3n) is 11.8. The lowest BCUT2D eigenvalue weighted by Crippen LogP contribution is -2.67. The fourth-order valence-corrected chi connectivity index (χ4v) is 8.85. The second-order valence-electron chi connectivity index (χ2n) is 17.4. The van der Waals surface area contributed by atoms with Crippen molar-refractivity contribution in [2.45, 2.75) is 117 Å². The van der Waals surface area contributed by atoms with Crippen molar-refractivity contribution in [3.05, 3.63) is 69.8 Å². The van der Waals surface area contributed by atoms with Crippen LogP contribution in [-0.4, -0.2) is 163 Å². The highest BCUT2D eigenvalue weighted by Gasteiger charge is 2.56. The Balaban J connectivity index is 1.23. The number of nitrogens with one attached hydrogen (secondary N) is 2. The fraction of sp³-hybridized carbons (Fsp3) is 0.449. The van der Waals surface area contributed by atoms with Gasteiger partial charge in [-0.3, -0.25) is 71.9 Å². The van der Waals surface area contributed by atoms with Gasteiger partial charge in [-0.25, -0.2) is 0 Å². The van der Waals surface area contributed by atoms with E-state index in [1.54, 1.807) is 0 Å². The van der Waals surface area contributed by atoms with E-state index in [0.29, 0.717) is 0 Å². The molecule has 12 atom stereocenters. The third-order valence-corrected chi connectivity index (χ3v) is 11.8. The molecule has 2 amide bonds. The van der Waals surface area contributed by atoms with E-state index in [2.05, 4.69) is 10.6 Å². The van der Waals surface area contributed by atoms with Gasteiger partial charge in [-0.15, -0.1) is 0 Å². The van der Waals surface area contributed by atoms with Crippen LogP contribution in [0.4, 0.5) is 0 Å². The Morgan fingerprint density at radius 3 is 1.01 bits per heavy atom. The van der Waals surface area contributed by atoms with E-state index >= 15 is 0 Å². The molecule has 0 saturated carbocycles. The van der Waals surface area contributed by atoms with E-state index in [1.807, 2.05) is 0 Å². The number of Topliss-reactive ketones (excluding diaryl/α,β-unsaturated/α-hetero) is 4. The number of hydrogen-bond acceptors (Lipinski definition) is 25. The van der Waals surface area contributed by atoms with Crippen molar-refractivity contribution in [3.8, 4) is 0 Å². The van der Waals surface area contributed by atoms with Gasteiger partial charge >= 0.3 is 47.8 Å². The first kappa shape index (κ1) is 56.7.